The Bertz CT molecular complexity index is 309. The van der Waals surface area contributed by atoms with Crippen molar-refractivity contribution in [2.45, 2.75) is 32.7 Å². The van der Waals surface area contributed by atoms with Gasteiger partial charge in [-0.1, -0.05) is 6.92 Å². The van der Waals surface area contributed by atoms with Crippen LogP contribution in [-0.4, -0.2) is 72.2 Å². The van der Waals surface area contributed by atoms with E-state index < -0.39 is 12.0 Å². The molecule has 6 heteroatoms. The minimum Gasteiger partial charge on any atom is -0.481 e. The molecule has 1 aliphatic rings. The third kappa shape index (κ3) is 4.80. The monoisotopic (exact) mass is 272 g/mol. The topological polar surface area (TPSA) is 70.1 Å². The molecule has 0 aromatic heterocycles. The molecule has 1 unspecified atom stereocenters. The molecule has 0 aromatic rings. The molecule has 0 spiro atoms. The van der Waals surface area contributed by atoms with Gasteiger partial charge >= 0.3 is 5.97 Å². The largest absolute Gasteiger partial charge is 0.481 e. The molecule has 1 atom stereocenters. The van der Waals surface area contributed by atoms with Gasteiger partial charge in [-0.2, -0.15) is 0 Å². The van der Waals surface area contributed by atoms with Gasteiger partial charge in [0, 0.05) is 26.2 Å². The number of piperazine rings is 1. The standard InChI is InChI=1S/C13H24N2O4/c1-3-5-14-6-7-15(8-9-19-4-2)13(18)11(14)10-12(16)17/h11H,3-10H2,1-2H3,(H,16,17). The molecule has 0 saturated carbocycles. The highest BCUT2D eigenvalue weighted by Gasteiger charge is 2.35. The van der Waals surface area contributed by atoms with Crippen molar-refractivity contribution >= 4 is 11.9 Å². The number of rotatable bonds is 8. The summed E-state index contributed by atoms with van der Waals surface area (Å²) < 4.78 is 5.25. The highest BCUT2D eigenvalue weighted by molar-refractivity contribution is 5.86. The fourth-order valence-corrected chi connectivity index (χ4v) is 2.36. The predicted molar refractivity (Wildman–Crippen MR) is 71.0 cm³/mol. The molecule has 0 aliphatic carbocycles. The van der Waals surface area contributed by atoms with Gasteiger partial charge in [-0.3, -0.25) is 14.5 Å². The Morgan fingerprint density at radius 1 is 1.37 bits per heavy atom. The van der Waals surface area contributed by atoms with Gasteiger partial charge in [0.15, 0.2) is 0 Å². The zero-order valence-electron chi connectivity index (χ0n) is 11.8. The number of carboxylic acid groups (broad SMARTS) is 1. The summed E-state index contributed by atoms with van der Waals surface area (Å²) >= 11 is 0. The van der Waals surface area contributed by atoms with E-state index in [9.17, 15) is 9.59 Å². The van der Waals surface area contributed by atoms with Gasteiger partial charge in [0.05, 0.1) is 19.1 Å². The number of nitrogens with zero attached hydrogens (tertiary/aromatic N) is 2. The summed E-state index contributed by atoms with van der Waals surface area (Å²) in [4.78, 5) is 26.9. The molecule has 1 rings (SSSR count). The van der Waals surface area contributed by atoms with Crippen molar-refractivity contribution in [3.8, 4) is 0 Å². The van der Waals surface area contributed by atoms with E-state index in [4.69, 9.17) is 9.84 Å². The second-order valence-corrected chi connectivity index (χ2v) is 4.67. The third-order valence-electron chi connectivity index (χ3n) is 3.28. The Hall–Kier alpha value is -1.14. The van der Waals surface area contributed by atoms with E-state index >= 15 is 0 Å². The lowest BCUT2D eigenvalue weighted by Gasteiger charge is -2.40. The molecule has 110 valence electrons. The van der Waals surface area contributed by atoms with Gasteiger partial charge in [-0.05, 0) is 19.9 Å². The fraction of sp³-hybridized carbons (Fsp3) is 0.846. The second kappa shape index (κ2) is 8.12. The van der Waals surface area contributed by atoms with Crippen molar-refractivity contribution < 1.29 is 19.4 Å². The van der Waals surface area contributed by atoms with Crippen molar-refractivity contribution in [2.75, 3.05) is 39.4 Å². The number of carbonyl (C=O) groups excluding carboxylic acids is 1. The van der Waals surface area contributed by atoms with E-state index in [0.29, 0.717) is 26.3 Å². The van der Waals surface area contributed by atoms with Gasteiger partial charge in [-0.15, -0.1) is 0 Å². The zero-order valence-corrected chi connectivity index (χ0v) is 11.8. The lowest BCUT2D eigenvalue weighted by molar-refractivity contribution is -0.149. The van der Waals surface area contributed by atoms with Gasteiger partial charge in [0.1, 0.15) is 0 Å². The lowest BCUT2D eigenvalue weighted by atomic mass is 10.1. The van der Waals surface area contributed by atoms with Crippen molar-refractivity contribution in [3.05, 3.63) is 0 Å². The molecule has 0 aromatic carbocycles. The van der Waals surface area contributed by atoms with Crippen molar-refractivity contribution in [1.29, 1.82) is 0 Å². The summed E-state index contributed by atoms with van der Waals surface area (Å²) in [6, 6.07) is -0.521. The Morgan fingerprint density at radius 3 is 2.68 bits per heavy atom. The number of amides is 1. The molecule has 1 heterocycles. The van der Waals surface area contributed by atoms with Crippen molar-refractivity contribution in [1.82, 2.24) is 9.80 Å². The van der Waals surface area contributed by atoms with Gasteiger partial charge < -0.3 is 14.7 Å². The number of hydrogen-bond donors (Lipinski definition) is 1. The SMILES string of the molecule is CCCN1CCN(CCOCC)C(=O)C1CC(=O)O. The van der Waals surface area contributed by atoms with Crippen LogP contribution in [0.3, 0.4) is 0 Å². The van der Waals surface area contributed by atoms with Crippen LogP contribution >= 0.6 is 0 Å². The van der Waals surface area contributed by atoms with Gasteiger partial charge in [-0.25, -0.2) is 0 Å². The van der Waals surface area contributed by atoms with Crippen LogP contribution in [0.5, 0.6) is 0 Å². The Morgan fingerprint density at radius 2 is 2.11 bits per heavy atom. The van der Waals surface area contributed by atoms with E-state index in [-0.39, 0.29) is 12.3 Å². The first-order valence-electron chi connectivity index (χ1n) is 6.92. The van der Waals surface area contributed by atoms with E-state index in [1.165, 1.54) is 0 Å². The minimum atomic E-state index is -0.925. The van der Waals surface area contributed by atoms with Crippen molar-refractivity contribution in [3.63, 3.8) is 0 Å². The molecular formula is C13H24N2O4. The molecule has 1 aliphatic heterocycles. The highest BCUT2D eigenvalue weighted by Crippen LogP contribution is 2.15. The van der Waals surface area contributed by atoms with Crippen LogP contribution in [0, 0.1) is 0 Å². The van der Waals surface area contributed by atoms with Crippen LogP contribution in [0.1, 0.15) is 26.7 Å². The first kappa shape index (κ1) is 15.9. The van der Waals surface area contributed by atoms with Crippen LogP contribution in [0.4, 0.5) is 0 Å². The number of aliphatic carboxylic acids is 1. The average molecular weight is 272 g/mol. The van der Waals surface area contributed by atoms with E-state index in [0.717, 1.165) is 19.5 Å². The molecule has 0 radical (unpaired) electrons. The van der Waals surface area contributed by atoms with Crippen LogP contribution in [0.25, 0.3) is 0 Å². The minimum absolute atomic E-state index is 0.0817. The van der Waals surface area contributed by atoms with Crippen LogP contribution in [0.15, 0.2) is 0 Å². The number of carbonyl (C=O) groups is 2. The van der Waals surface area contributed by atoms with Gasteiger partial charge in [0.25, 0.3) is 0 Å². The predicted octanol–water partition coefficient (Wildman–Crippen LogP) is 0.420. The second-order valence-electron chi connectivity index (χ2n) is 4.67. The Balaban J connectivity index is 2.61. The van der Waals surface area contributed by atoms with Gasteiger partial charge in [0.2, 0.25) is 5.91 Å². The zero-order chi connectivity index (χ0) is 14.3. The quantitative estimate of drug-likeness (QED) is 0.649. The normalized spacial score (nSPS) is 20.8. The maximum absolute atomic E-state index is 12.3. The van der Waals surface area contributed by atoms with Crippen LogP contribution < -0.4 is 0 Å². The summed E-state index contributed by atoms with van der Waals surface area (Å²) in [6.07, 6.45) is 0.798. The summed E-state index contributed by atoms with van der Waals surface area (Å²) in [5.41, 5.74) is 0. The summed E-state index contributed by atoms with van der Waals surface area (Å²) in [6.45, 7) is 7.79. The molecule has 19 heavy (non-hydrogen) atoms. The molecule has 6 nitrogen and oxygen atoms in total. The Labute approximate surface area is 114 Å². The smallest absolute Gasteiger partial charge is 0.305 e. The highest BCUT2D eigenvalue weighted by atomic mass is 16.5. The summed E-state index contributed by atoms with van der Waals surface area (Å²) in [5.74, 6) is -1.01. The molecule has 1 amide bonds. The summed E-state index contributed by atoms with van der Waals surface area (Å²) in [7, 11) is 0. The molecular weight excluding hydrogens is 248 g/mol. The van der Waals surface area contributed by atoms with Crippen LogP contribution in [0.2, 0.25) is 0 Å². The molecule has 1 fully saturated rings. The third-order valence-corrected chi connectivity index (χ3v) is 3.28. The fourth-order valence-electron chi connectivity index (χ4n) is 2.36. The lowest BCUT2D eigenvalue weighted by Crippen LogP contribution is -2.58. The molecule has 1 N–H and O–H groups in total. The molecule has 1 saturated heterocycles. The number of carboxylic acids is 1. The van der Waals surface area contributed by atoms with E-state index in [2.05, 4.69) is 0 Å². The van der Waals surface area contributed by atoms with Crippen molar-refractivity contribution in [2.24, 2.45) is 0 Å². The maximum atomic E-state index is 12.3. The van der Waals surface area contributed by atoms with Crippen LogP contribution in [-0.2, 0) is 14.3 Å². The number of ether oxygens (including phenoxy) is 1. The van der Waals surface area contributed by atoms with E-state index in [1.54, 1.807) is 4.90 Å². The first-order valence-corrected chi connectivity index (χ1v) is 6.92. The average Bonchev–Trinajstić information content (AvgIpc) is 2.36. The first-order chi connectivity index (χ1) is 9.10. The maximum Gasteiger partial charge on any atom is 0.305 e. The molecule has 0 bridgehead atoms. The summed E-state index contributed by atoms with van der Waals surface area (Å²) in [5, 5.41) is 8.95. The van der Waals surface area contributed by atoms with E-state index in [1.807, 2.05) is 18.7 Å². The Kier molecular flexibility index (Phi) is 6.80. The number of hydrogen-bond acceptors (Lipinski definition) is 4.